The van der Waals surface area contributed by atoms with Gasteiger partial charge in [0.15, 0.2) is 6.61 Å². The standard InChI is InChI=1S/C27H23N3O5/c31-26(32)19-35-24-13-14-25(30(33)34)22(16-24)12-7-15-29-18-23(17-28-29)27(20-8-3-1-4-9-20)21-10-5-2-6-11-21/h1-14,16-18,27H,15,19H2,(H,31,32). The number of carbonyl (C=O) groups is 1. The number of rotatable bonds is 10. The Balaban J connectivity index is 1.55. The van der Waals surface area contributed by atoms with Crippen LogP contribution in [0, 0.1) is 10.1 Å². The van der Waals surface area contributed by atoms with Crippen LogP contribution < -0.4 is 4.74 Å². The molecule has 0 saturated carbocycles. The van der Waals surface area contributed by atoms with Gasteiger partial charge >= 0.3 is 5.97 Å². The highest BCUT2D eigenvalue weighted by atomic mass is 16.6. The smallest absolute Gasteiger partial charge is 0.341 e. The number of hydrogen-bond donors (Lipinski definition) is 1. The van der Waals surface area contributed by atoms with Gasteiger partial charge in [0.1, 0.15) is 5.75 Å². The molecule has 0 aliphatic rings. The minimum Gasteiger partial charge on any atom is -0.482 e. The van der Waals surface area contributed by atoms with Crippen molar-refractivity contribution < 1.29 is 19.6 Å². The van der Waals surface area contributed by atoms with E-state index >= 15 is 0 Å². The monoisotopic (exact) mass is 469 g/mol. The molecule has 1 heterocycles. The van der Waals surface area contributed by atoms with Gasteiger partial charge in [-0.1, -0.05) is 72.8 Å². The molecule has 1 N–H and O–H groups in total. The number of nitro benzene ring substituents is 1. The van der Waals surface area contributed by atoms with E-state index in [9.17, 15) is 14.9 Å². The van der Waals surface area contributed by atoms with Gasteiger partial charge in [0, 0.05) is 23.7 Å². The second-order valence-electron chi connectivity index (χ2n) is 7.81. The number of allylic oxidation sites excluding steroid dienone is 1. The Morgan fingerprint density at radius 2 is 1.69 bits per heavy atom. The number of ether oxygens (including phenoxy) is 1. The third-order valence-electron chi connectivity index (χ3n) is 5.40. The number of nitro groups is 1. The first-order valence-corrected chi connectivity index (χ1v) is 10.9. The van der Waals surface area contributed by atoms with Gasteiger partial charge in [0.2, 0.25) is 0 Å². The fourth-order valence-corrected chi connectivity index (χ4v) is 3.85. The number of aliphatic carboxylic acids is 1. The van der Waals surface area contributed by atoms with Crippen LogP contribution in [0.5, 0.6) is 5.75 Å². The highest BCUT2D eigenvalue weighted by Gasteiger charge is 2.18. The fraction of sp³-hybridized carbons (Fsp3) is 0.111. The van der Waals surface area contributed by atoms with E-state index in [4.69, 9.17) is 9.84 Å². The lowest BCUT2D eigenvalue weighted by Gasteiger charge is -2.16. The maximum atomic E-state index is 11.4. The van der Waals surface area contributed by atoms with E-state index in [-0.39, 0.29) is 17.4 Å². The van der Waals surface area contributed by atoms with Gasteiger partial charge in [-0.2, -0.15) is 5.10 Å². The van der Waals surface area contributed by atoms with E-state index in [0.717, 1.165) is 16.7 Å². The Labute approximate surface area is 201 Å². The van der Waals surface area contributed by atoms with Crippen LogP contribution in [0.1, 0.15) is 28.2 Å². The summed E-state index contributed by atoms with van der Waals surface area (Å²) in [5.74, 6) is -0.855. The Morgan fingerprint density at radius 1 is 1.03 bits per heavy atom. The highest BCUT2D eigenvalue weighted by Crippen LogP contribution is 2.31. The Kier molecular flexibility index (Phi) is 7.32. The lowest BCUT2D eigenvalue weighted by molar-refractivity contribution is -0.385. The first-order valence-electron chi connectivity index (χ1n) is 10.9. The first kappa shape index (κ1) is 23.4. The van der Waals surface area contributed by atoms with Gasteiger partial charge in [-0.15, -0.1) is 0 Å². The van der Waals surface area contributed by atoms with E-state index in [1.54, 1.807) is 16.8 Å². The number of carboxylic acids is 1. The number of aromatic nitrogens is 2. The normalized spacial score (nSPS) is 11.1. The quantitative estimate of drug-likeness (QED) is 0.254. The zero-order valence-corrected chi connectivity index (χ0v) is 18.7. The van der Waals surface area contributed by atoms with Gasteiger partial charge in [-0.3, -0.25) is 14.8 Å². The molecule has 4 rings (SSSR count). The molecule has 0 atom stereocenters. The molecule has 0 spiro atoms. The first-order chi connectivity index (χ1) is 17.0. The van der Waals surface area contributed by atoms with E-state index in [1.165, 1.54) is 18.2 Å². The average molecular weight is 469 g/mol. The lowest BCUT2D eigenvalue weighted by atomic mass is 9.87. The molecule has 0 unspecified atom stereocenters. The van der Waals surface area contributed by atoms with Crippen molar-refractivity contribution in [3.8, 4) is 5.75 Å². The Hall–Kier alpha value is -4.72. The summed E-state index contributed by atoms with van der Waals surface area (Å²) >= 11 is 0. The van der Waals surface area contributed by atoms with Crippen LogP contribution in [-0.4, -0.2) is 32.4 Å². The van der Waals surface area contributed by atoms with Crippen LogP contribution in [-0.2, 0) is 11.3 Å². The second-order valence-corrected chi connectivity index (χ2v) is 7.81. The van der Waals surface area contributed by atoms with Gasteiger partial charge in [0.25, 0.3) is 5.69 Å². The van der Waals surface area contributed by atoms with Gasteiger partial charge in [0.05, 0.1) is 23.2 Å². The molecule has 4 aromatic rings. The average Bonchev–Trinajstić information content (AvgIpc) is 3.32. The fourth-order valence-electron chi connectivity index (χ4n) is 3.85. The molecule has 8 heteroatoms. The van der Waals surface area contributed by atoms with Crippen LogP contribution in [0.2, 0.25) is 0 Å². The molecule has 0 radical (unpaired) electrons. The highest BCUT2D eigenvalue weighted by molar-refractivity contribution is 5.69. The van der Waals surface area contributed by atoms with E-state index < -0.39 is 17.5 Å². The third kappa shape index (κ3) is 6.00. The van der Waals surface area contributed by atoms with Crippen molar-refractivity contribution in [2.75, 3.05) is 6.61 Å². The molecule has 0 bridgehead atoms. The lowest BCUT2D eigenvalue weighted by Crippen LogP contribution is -2.09. The van der Waals surface area contributed by atoms with Crippen LogP contribution in [0.3, 0.4) is 0 Å². The van der Waals surface area contributed by atoms with Crippen molar-refractivity contribution in [1.82, 2.24) is 9.78 Å². The summed E-state index contributed by atoms with van der Waals surface area (Å²) in [7, 11) is 0. The molecule has 8 nitrogen and oxygen atoms in total. The number of nitrogens with zero attached hydrogens (tertiary/aromatic N) is 3. The van der Waals surface area contributed by atoms with Crippen molar-refractivity contribution in [3.63, 3.8) is 0 Å². The molecular weight excluding hydrogens is 446 g/mol. The summed E-state index contributed by atoms with van der Waals surface area (Å²) in [6.07, 6.45) is 7.18. The van der Waals surface area contributed by atoms with E-state index in [2.05, 4.69) is 29.4 Å². The molecule has 176 valence electrons. The van der Waals surface area contributed by atoms with Crippen molar-refractivity contribution in [1.29, 1.82) is 0 Å². The predicted molar refractivity (Wildman–Crippen MR) is 131 cm³/mol. The summed E-state index contributed by atoms with van der Waals surface area (Å²) in [5, 5.41) is 24.7. The van der Waals surface area contributed by atoms with Crippen LogP contribution in [0.15, 0.2) is 97.3 Å². The summed E-state index contributed by atoms with van der Waals surface area (Å²) in [6, 6.07) is 24.5. The zero-order chi connectivity index (χ0) is 24.6. The third-order valence-corrected chi connectivity index (χ3v) is 5.40. The van der Waals surface area contributed by atoms with Gasteiger partial charge < -0.3 is 9.84 Å². The summed E-state index contributed by atoms with van der Waals surface area (Å²) in [4.78, 5) is 21.6. The number of benzene rings is 3. The molecule has 0 fully saturated rings. The molecule has 35 heavy (non-hydrogen) atoms. The van der Waals surface area contributed by atoms with Gasteiger partial charge in [-0.25, -0.2) is 4.79 Å². The topological polar surface area (TPSA) is 107 Å². The largest absolute Gasteiger partial charge is 0.482 e. The van der Waals surface area contributed by atoms with Crippen LogP contribution >= 0.6 is 0 Å². The number of carboxylic acid groups (broad SMARTS) is 1. The molecular formula is C27H23N3O5. The summed E-state index contributed by atoms with van der Waals surface area (Å²) in [5.41, 5.74) is 3.56. The second kappa shape index (κ2) is 10.9. The summed E-state index contributed by atoms with van der Waals surface area (Å²) in [6.45, 7) is -0.130. The predicted octanol–water partition coefficient (Wildman–Crippen LogP) is 5.15. The minimum atomic E-state index is -1.13. The van der Waals surface area contributed by atoms with Crippen molar-refractivity contribution >= 4 is 17.7 Å². The van der Waals surface area contributed by atoms with Crippen LogP contribution in [0.4, 0.5) is 5.69 Å². The zero-order valence-electron chi connectivity index (χ0n) is 18.7. The molecule has 0 saturated heterocycles. The van der Waals surface area contributed by atoms with E-state index in [1.807, 2.05) is 48.8 Å². The van der Waals surface area contributed by atoms with Crippen molar-refractivity contribution in [2.24, 2.45) is 0 Å². The molecule has 3 aromatic carbocycles. The summed E-state index contributed by atoms with van der Waals surface area (Å²) < 4.78 is 6.91. The maximum Gasteiger partial charge on any atom is 0.341 e. The van der Waals surface area contributed by atoms with Crippen molar-refractivity contribution in [3.05, 3.63) is 130 Å². The molecule has 0 aliphatic heterocycles. The minimum absolute atomic E-state index is 0.0271. The Morgan fingerprint density at radius 3 is 2.29 bits per heavy atom. The molecule has 0 aliphatic carbocycles. The SMILES string of the molecule is O=C(O)COc1ccc([N+](=O)[O-])c(C=CCn2cc(C(c3ccccc3)c3ccccc3)cn2)c1. The Bertz CT molecular complexity index is 1290. The van der Waals surface area contributed by atoms with Crippen molar-refractivity contribution in [2.45, 2.75) is 12.5 Å². The maximum absolute atomic E-state index is 11.4. The number of hydrogen-bond acceptors (Lipinski definition) is 5. The molecule has 1 aromatic heterocycles. The van der Waals surface area contributed by atoms with E-state index in [0.29, 0.717) is 12.1 Å². The molecule has 0 amide bonds. The van der Waals surface area contributed by atoms with Crippen LogP contribution in [0.25, 0.3) is 6.08 Å². The van der Waals surface area contributed by atoms with Gasteiger partial charge in [-0.05, 0) is 23.3 Å².